The van der Waals surface area contributed by atoms with E-state index in [0.29, 0.717) is 5.92 Å². The van der Waals surface area contributed by atoms with Crippen LogP contribution in [-0.4, -0.2) is 44.6 Å². The maximum atomic E-state index is 13.5. The number of hydrogen-bond acceptors (Lipinski definition) is 7. The average molecular weight is 526 g/mol. The summed E-state index contributed by atoms with van der Waals surface area (Å²) in [7, 11) is 0. The zero-order chi connectivity index (χ0) is 24.4. The van der Waals surface area contributed by atoms with Crippen molar-refractivity contribution >= 4 is 41.0 Å². The Bertz CT molecular complexity index is 1150. The Hall–Kier alpha value is -2.03. The van der Waals surface area contributed by atoms with E-state index in [1.54, 1.807) is 23.5 Å². The molecule has 3 heterocycles. The van der Waals surface area contributed by atoms with Crippen LogP contribution < -0.4 is 4.74 Å². The van der Waals surface area contributed by atoms with E-state index in [-0.39, 0.29) is 24.1 Å². The number of benzene rings is 2. The number of carbonyl (C=O) groups excluding carboxylic acids is 1. The molecule has 0 unspecified atom stereocenters. The van der Waals surface area contributed by atoms with E-state index in [2.05, 4.69) is 58.4 Å². The fourth-order valence-corrected chi connectivity index (χ4v) is 7.34. The molecule has 2 bridgehead atoms. The second-order valence-corrected chi connectivity index (χ2v) is 12.3. The van der Waals surface area contributed by atoms with Crippen LogP contribution in [0.5, 0.6) is 5.75 Å². The highest BCUT2D eigenvalue weighted by Crippen LogP contribution is 2.39. The third kappa shape index (κ3) is 5.54. The summed E-state index contributed by atoms with van der Waals surface area (Å²) >= 11 is 4.69. The molecule has 0 saturated carbocycles. The second kappa shape index (κ2) is 10.9. The molecule has 0 aliphatic carbocycles. The summed E-state index contributed by atoms with van der Waals surface area (Å²) in [5, 5.41) is 0.825. The van der Waals surface area contributed by atoms with Crippen LogP contribution in [0.1, 0.15) is 66.9 Å². The fraction of sp³-hybridized carbons (Fsp3) is 0.444. The van der Waals surface area contributed by atoms with Gasteiger partial charge in [0.15, 0.2) is 4.34 Å². The van der Waals surface area contributed by atoms with Gasteiger partial charge in [-0.25, -0.2) is 4.98 Å². The zero-order valence-electron chi connectivity index (χ0n) is 20.3. The molecule has 2 aromatic carbocycles. The molecule has 5 nitrogen and oxygen atoms in total. The van der Waals surface area contributed by atoms with Crippen LogP contribution in [0.2, 0.25) is 0 Å². The average Bonchev–Trinajstić information content (AvgIpc) is 3.44. The molecule has 5 rings (SSSR count). The van der Waals surface area contributed by atoms with Gasteiger partial charge in [0, 0.05) is 36.2 Å². The number of rotatable bonds is 8. The lowest BCUT2D eigenvalue weighted by Gasteiger charge is -2.39. The Kier molecular flexibility index (Phi) is 7.70. The molecule has 2 aliphatic heterocycles. The molecule has 2 aliphatic rings. The Morgan fingerprint density at radius 1 is 1.11 bits per heavy atom. The first-order chi connectivity index (χ1) is 17.0. The van der Waals surface area contributed by atoms with Crippen molar-refractivity contribution in [3.05, 3.63) is 65.2 Å². The molecule has 0 N–H and O–H groups in total. The van der Waals surface area contributed by atoms with Gasteiger partial charge in [-0.05, 0) is 65.9 Å². The lowest BCUT2D eigenvalue weighted by Crippen LogP contribution is -2.49. The first-order valence-electron chi connectivity index (χ1n) is 12.2. The van der Waals surface area contributed by atoms with Crippen LogP contribution in [0.25, 0.3) is 0 Å². The van der Waals surface area contributed by atoms with Crippen LogP contribution in [-0.2, 0) is 5.75 Å². The third-order valence-electron chi connectivity index (χ3n) is 6.89. The van der Waals surface area contributed by atoms with Crippen molar-refractivity contribution in [1.29, 1.82) is 0 Å². The van der Waals surface area contributed by atoms with Crippen molar-refractivity contribution in [3.63, 3.8) is 0 Å². The predicted octanol–water partition coefficient (Wildman–Crippen LogP) is 6.89. The molecule has 0 spiro atoms. The maximum Gasteiger partial charge on any atom is 0.254 e. The standard InChI is InChI=1S/C27H31N3O2S3/c1-17(2)23-6-4-5-7-24(23)32-22-14-20-12-13-21(15-22)30(20)25(31)19-10-8-18(9-11-19)16-34-27-28-26(33-3)29-35-27/h4-11,17,20-22H,12-16H2,1-3H3/t20-,21-/m0/s1. The van der Waals surface area contributed by atoms with E-state index < -0.39 is 0 Å². The molecule has 184 valence electrons. The lowest BCUT2D eigenvalue weighted by molar-refractivity contribution is 0.0356. The largest absolute Gasteiger partial charge is 0.490 e. The Balaban J connectivity index is 1.20. The number of nitrogens with zero attached hydrogens (tertiary/aromatic N) is 3. The van der Waals surface area contributed by atoms with Gasteiger partial charge in [0.2, 0.25) is 5.16 Å². The number of hydrogen-bond donors (Lipinski definition) is 0. The molecule has 1 amide bonds. The molecular formula is C27H31N3O2S3. The summed E-state index contributed by atoms with van der Waals surface area (Å²) in [6.07, 6.45) is 6.10. The second-order valence-electron chi connectivity index (χ2n) is 9.53. The smallest absolute Gasteiger partial charge is 0.254 e. The van der Waals surface area contributed by atoms with Gasteiger partial charge in [-0.2, -0.15) is 4.37 Å². The van der Waals surface area contributed by atoms with Crippen molar-refractivity contribution in [3.8, 4) is 5.75 Å². The zero-order valence-corrected chi connectivity index (χ0v) is 22.8. The maximum absolute atomic E-state index is 13.5. The number of thioether (sulfide) groups is 2. The highest BCUT2D eigenvalue weighted by molar-refractivity contribution is 8.00. The summed E-state index contributed by atoms with van der Waals surface area (Å²) in [4.78, 5) is 20.1. The van der Waals surface area contributed by atoms with Gasteiger partial charge in [0.25, 0.3) is 5.91 Å². The van der Waals surface area contributed by atoms with Crippen molar-refractivity contribution in [2.24, 2.45) is 0 Å². The van der Waals surface area contributed by atoms with Crippen LogP contribution in [0.4, 0.5) is 0 Å². The monoisotopic (exact) mass is 525 g/mol. The van der Waals surface area contributed by atoms with Crippen LogP contribution in [0.15, 0.2) is 58.0 Å². The summed E-state index contributed by atoms with van der Waals surface area (Å²) in [6, 6.07) is 17.0. The summed E-state index contributed by atoms with van der Waals surface area (Å²) < 4.78 is 11.8. The molecule has 35 heavy (non-hydrogen) atoms. The number of para-hydroxylation sites is 1. The minimum atomic E-state index is 0.159. The lowest BCUT2D eigenvalue weighted by atomic mass is 9.97. The molecule has 1 aromatic heterocycles. The van der Waals surface area contributed by atoms with Crippen LogP contribution >= 0.6 is 35.1 Å². The molecule has 2 saturated heterocycles. The molecule has 2 atom stereocenters. The number of amides is 1. The normalized spacial score (nSPS) is 21.5. The Labute approximate surface area is 220 Å². The predicted molar refractivity (Wildman–Crippen MR) is 145 cm³/mol. The van der Waals surface area contributed by atoms with Gasteiger partial charge in [-0.15, -0.1) is 0 Å². The first-order valence-corrected chi connectivity index (χ1v) is 15.2. The summed E-state index contributed by atoms with van der Waals surface area (Å²) in [5.74, 6) is 2.41. The van der Waals surface area contributed by atoms with Crippen molar-refractivity contribution < 1.29 is 9.53 Å². The third-order valence-corrected chi connectivity index (χ3v) is 9.46. The summed E-state index contributed by atoms with van der Waals surface area (Å²) in [5.41, 5.74) is 3.22. The topological polar surface area (TPSA) is 55.3 Å². The van der Waals surface area contributed by atoms with E-state index >= 15 is 0 Å². The van der Waals surface area contributed by atoms with Crippen molar-refractivity contribution in [2.45, 2.75) is 78.9 Å². The molecule has 3 aromatic rings. The number of aromatic nitrogens is 2. The van der Waals surface area contributed by atoms with Gasteiger partial charge in [0.05, 0.1) is 0 Å². The van der Waals surface area contributed by atoms with E-state index in [4.69, 9.17) is 4.74 Å². The minimum absolute atomic E-state index is 0.159. The first kappa shape index (κ1) is 24.7. The molecule has 8 heteroatoms. The van der Waals surface area contributed by atoms with Crippen LogP contribution in [0, 0.1) is 0 Å². The number of piperidine rings is 1. The van der Waals surface area contributed by atoms with Gasteiger partial charge in [-0.3, -0.25) is 4.79 Å². The highest BCUT2D eigenvalue weighted by Gasteiger charge is 2.44. The number of carbonyl (C=O) groups is 1. The van der Waals surface area contributed by atoms with Gasteiger partial charge >= 0.3 is 0 Å². The molecular weight excluding hydrogens is 495 g/mol. The van der Waals surface area contributed by atoms with E-state index in [0.717, 1.165) is 52.2 Å². The van der Waals surface area contributed by atoms with Gasteiger partial charge in [0.1, 0.15) is 11.9 Å². The van der Waals surface area contributed by atoms with E-state index in [9.17, 15) is 4.79 Å². The van der Waals surface area contributed by atoms with E-state index in [1.807, 2.05) is 24.5 Å². The molecule has 0 radical (unpaired) electrons. The number of ether oxygens (including phenoxy) is 1. The highest BCUT2D eigenvalue weighted by atomic mass is 32.2. The Morgan fingerprint density at radius 2 is 1.83 bits per heavy atom. The van der Waals surface area contributed by atoms with Gasteiger partial charge in [-0.1, -0.05) is 67.7 Å². The van der Waals surface area contributed by atoms with Crippen molar-refractivity contribution in [2.75, 3.05) is 6.26 Å². The SMILES string of the molecule is CSc1nsc(SCc2ccc(C(=O)N3[C@H]4CC[C@H]3CC(Oc3ccccc3C(C)C)C4)cc2)n1. The fourth-order valence-electron chi connectivity index (χ4n) is 5.18. The van der Waals surface area contributed by atoms with Crippen LogP contribution in [0.3, 0.4) is 0 Å². The molecule has 2 fully saturated rings. The Morgan fingerprint density at radius 3 is 2.49 bits per heavy atom. The summed E-state index contributed by atoms with van der Waals surface area (Å²) in [6.45, 7) is 4.41. The minimum Gasteiger partial charge on any atom is -0.490 e. The van der Waals surface area contributed by atoms with Crippen molar-refractivity contribution in [1.82, 2.24) is 14.3 Å². The quantitative estimate of drug-likeness (QED) is 0.299. The van der Waals surface area contributed by atoms with E-state index in [1.165, 1.54) is 22.7 Å². The van der Waals surface area contributed by atoms with Gasteiger partial charge < -0.3 is 9.64 Å². The number of fused-ring (bicyclic) bond motifs is 2.